The molecule has 2 rings (SSSR count). The molecule has 5 heteroatoms. The lowest BCUT2D eigenvalue weighted by Crippen LogP contribution is -2.39. The lowest BCUT2D eigenvalue weighted by molar-refractivity contribution is 0.228. The second-order valence-corrected chi connectivity index (χ2v) is 5.48. The molecule has 3 nitrogen and oxygen atoms in total. The number of hydrogen-bond acceptors (Lipinski definition) is 3. The molecule has 1 saturated heterocycles. The highest BCUT2D eigenvalue weighted by Gasteiger charge is 2.23. The first-order valence-electron chi connectivity index (χ1n) is 5.98. The first-order valence-corrected chi connectivity index (χ1v) is 6.77. The molecule has 1 N–H and O–H groups in total. The quantitative estimate of drug-likeness (QED) is 0.672. The molecule has 18 heavy (non-hydrogen) atoms. The van der Waals surface area contributed by atoms with Crippen molar-refractivity contribution in [3.8, 4) is 0 Å². The van der Waals surface area contributed by atoms with Gasteiger partial charge in [0.05, 0.1) is 10.2 Å². The molecular formula is C13H16BrFN2O. The van der Waals surface area contributed by atoms with Crippen LogP contribution in [0.2, 0.25) is 0 Å². The van der Waals surface area contributed by atoms with Gasteiger partial charge in [0.2, 0.25) is 0 Å². The summed E-state index contributed by atoms with van der Waals surface area (Å²) in [4.78, 5) is 2.25. The minimum absolute atomic E-state index is 0.227. The maximum atomic E-state index is 13.4. The van der Waals surface area contributed by atoms with Crippen molar-refractivity contribution in [3.63, 3.8) is 0 Å². The summed E-state index contributed by atoms with van der Waals surface area (Å²) in [6.45, 7) is 4.43. The molecule has 0 aromatic heterocycles. The van der Waals surface area contributed by atoms with Crippen molar-refractivity contribution in [1.29, 1.82) is 0 Å². The fourth-order valence-corrected chi connectivity index (χ4v) is 2.70. The second-order valence-electron chi connectivity index (χ2n) is 4.69. The summed E-state index contributed by atoms with van der Waals surface area (Å²) in [7, 11) is 0. The average molecular weight is 315 g/mol. The highest BCUT2D eigenvalue weighted by molar-refractivity contribution is 9.10. The fraction of sp³-hybridized carbons (Fsp3) is 0.462. The summed E-state index contributed by atoms with van der Waals surface area (Å²) in [6, 6.07) is 5.10. The average Bonchev–Trinajstić information content (AvgIpc) is 2.35. The van der Waals surface area contributed by atoms with E-state index >= 15 is 0 Å². The van der Waals surface area contributed by atoms with Crippen LogP contribution in [0.5, 0.6) is 0 Å². The number of oxime groups is 1. The van der Waals surface area contributed by atoms with Crippen LogP contribution in [-0.2, 0) is 6.54 Å². The molecule has 98 valence electrons. The number of hydrogen-bond donors (Lipinski definition) is 1. The van der Waals surface area contributed by atoms with E-state index in [1.54, 1.807) is 6.07 Å². The first kappa shape index (κ1) is 13.5. The van der Waals surface area contributed by atoms with Gasteiger partial charge in [-0.25, -0.2) is 4.39 Å². The molecule has 1 heterocycles. The van der Waals surface area contributed by atoms with Crippen LogP contribution in [0.4, 0.5) is 4.39 Å². The lowest BCUT2D eigenvalue weighted by atomic mass is 9.97. The Morgan fingerprint density at radius 3 is 3.00 bits per heavy atom. The molecule has 0 aliphatic carbocycles. The van der Waals surface area contributed by atoms with Crippen LogP contribution in [0.15, 0.2) is 27.8 Å². The van der Waals surface area contributed by atoms with Gasteiger partial charge >= 0.3 is 0 Å². The van der Waals surface area contributed by atoms with Crippen molar-refractivity contribution in [1.82, 2.24) is 4.90 Å². The van der Waals surface area contributed by atoms with Gasteiger partial charge in [-0.1, -0.05) is 24.2 Å². The van der Waals surface area contributed by atoms with E-state index in [2.05, 4.69) is 26.0 Å². The van der Waals surface area contributed by atoms with Crippen molar-refractivity contribution in [3.05, 3.63) is 34.1 Å². The Kier molecular flexibility index (Phi) is 4.35. The molecule has 0 radical (unpaired) electrons. The Morgan fingerprint density at radius 2 is 2.33 bits per heavy atom. The van der Waals surface area contributed by atoms with Gasteiger partial charge in [0.1, 0.15) is 5.82 Å². The third-order valence-electron chi connectivity index (χ3n) is 3.34. The Hall–Kier alpha value is -0.940. The van der Waals surface area contributed by atoms with Gasteiger partial charge in [-0.15, -0.1) is 0 Å². The molecule has 0 spiro atoms. The van der Waals surface area contributed by atoms with Gasteiger partial charge in [0, 0.05) is 32.0 Å². The third-order valence-corrected chi connectivity index (χ3v) is 4.23. The molecule has 1 aromatic rings. The van der Waals surface area contributed by atoms with Crippen LogP contribution >= 0.6 is 15.9 Å². The molecule has 0 amide bonds. The second kappa shape index (κ2) is 5.80. The zero-order chi connectivity index (χ0) is 13.1. The number of piperidine rings is 1. The standard InChI is InChI=1S/C13H16BrFN2O/c1-9-7-17(6-5-12(9)16-18)8-10-3-2-4-11(15)13(10)14/h2-4,9,18H,5-8H2,1H3/b16-12+. The van der Waals surface area contributed by atoms with Crippen molar-refractivity contribution in [2.75, 3.05) is 13.1 Å². The molecule has 1 fully saturated rings. The van der Waals surface area contributed by atoms with E-state index in [-0.39, 0.29) is 11.7 Å². The molecule has 1 unspecified atom stereocenters. The normalized spacial score (nSPS) is 23.5. The van der Waals surface area contributed by atoms with Crippen LogP contribution in [0.3, 0.4) is 0 Å². The van der Waals surface area contributed by atoms with Gasteiger partial charge in [-0.05, 0) is 27.6 Å². The number of benzene rings is 1. The van der Waals surface area contributed by atoms with Crippen LogP contribution < -0.4 is 0 Å². The summed E-state index contributed by atoms with van der Waals surface area (Å²) >= 11 is 3.28. The monoisotopic (exact) mass is 314 g/mol. The SMILES string of the molecule is CC1CN(Cc2cccc(F)c2Br)CC/C1=N\O. The van der Waals surface area contributed by atoms with Crippen LogP contribution in [0.1, 0.15) is 18.9 Å². The van der Waals surface area contributed by atoms with E-state index in [9.17, 15) is 4.39 Å². The number of nitrogens with zero attached hydrogens (tertiary/aromatic N) is 2. The Bertz CT molecular complexity index is 464. The first-order chi connectivity index (χ1) is 8.61. The summed E-state index contributed by atoms with van der Waals surface area (Å²) < 4.78 is 14.0. The fourth-order valence-electron chi connectivity index (χ4n) is 2.31. The Balaban J connectivity index is 2.05. The summed E-state index contributed by atoms with van der Waals surface area (Å²) in [5.74, 6) is 0.0197. The van der Waals surface area contributed by atoms with E-state index in [0.29, 0.717) is 11.0 Å². The largest absolute Gasteiger partial charge is 0.411 e. The van der Waals surface area contributed by atoms with Crippen LogP contribution in [0.25, 0.3) is 0 Å². The maximum Gasteiger partial charge on any atom is 0.137 e. The predicted octanol–water partition coefficient (Wildman–Crippen LogP) is 3.26. The zero-order valence-electron chi connectivity index (χ0n) is 10.2. The van der Waals surface area contributed by atoms with Gasteiger partial charge in [0.15, 0.2) is 0 Å². The molecule has 1 aromatic carbocycles. The molecule has 0 saturated carbocycles. The van der Waals surface area contributed by atoms with Crippen molar-refractivity contribution >= 4 is 21.6 Å². The van der Waals surface area contributed by atoms with Gasteiger partial charge in [-0.2, -0.15) is 0 Å². The summed E-state index contributed by atoms with van der Waals surface area (Å²) in [5, 5.41) is 12.2. The van der Waals surface area contributed by atoms with Crippen LogP contribution in [0, 0.1) is 11.7 Å². The summed E-state index contributed by atoms with van der Waals surface area (Å²) in [6.07, 6.45) is 0.768. The molecule has 1 aliphatic rings. The topological polar surface area (TPSA) is 35.8 Å². The Labute approximate surface area is 114 Å². The smallest absolute Gasteiger partial charge is 0.137 e. The van der Waals surface area contributed by atoms with Crippen molar-refractivity contribution < 1.29 is 9.60 Å². The molecular weight excluding hydrogens is 299 g/mol. The predicted molar refractivity (Wildman–Crippen MR) is 72.4 cm³/mol. The van der Waals surface area contributed by atoms with E-state index in [1.165, 1.54) is 6.07 Å². The Morgan fingerprint density at radius 1 is 1.56 bits per heavy atom. The van der Waals surface area contributed by atoms with Crippen LogP contribution in [-0.4, -0.2) is 28.9 Å². The van der Waals surface area contributed by atoms with E-state index in [0.717, 1.165) is 30.8 Å². The van der Waals surface area contributed by atoms with Crippen molar-refractivity contribution in [2.45, 2.75) is 19.9 Å². The van der Waals surface area contributed by atoms with Gasteiger partial charge < -0.3 is 5.21 Å². The van der Waals surface area contributed by atoms with Gasteiger partial charge in [0.25, 0.3) is 0 Å². The maximum absolute atomic E-state index is 13.4. The third kappa shape index (κ3) is 2.90. The molecule has 0 bridgehead atoms. The minimum Gasteiger partial charge on any atom is -0.411 e. The summed E-state index contributed by atoms with van der Waals surface area (Å²) in [5.41, 5.74) is 1.80. The highest BCUT2D eigenvalue weighted by atomic mass is 79.9. The highest BCUT2D eigenvalue weighted by Crippen LogP contribution is 2.23. The molecule has 1 atom stereocenters. The van der Waals surface area contributed by atoms with E-state index in [1.807, 2.05) is 13.0 Å². The zero-order valence-corrected chi connectivity index (χ0v) is 11.8. The van der Waals surface area contributed by atoms with Gasteiger partial charge in [-0.3, -0.25) is 4.90 Å². The number of halogens is 2. The van der Waals surface area contributed by atoms with Crippen molar-refractivity contribution in [2.24, 2.45) is 11.1 Å². The number of likely N-dealkylation sites (tertiary alicyclic amines) is 1. The van der Waals surface area contributed by atoms with E-state index < -0.39 is 0 Å². The van der Waals surface area contributed by atoms with E-state index in [4.69, 9.17) is 5.21 Å². The molecule has 1 aliphatic heterocycles. The minimum atomic E-state index is -0.227. The number of rotatable bonds is 2. The lowest BCUT2D eigenvalue weighted by Gasteiger charge is -2.31.